The highest BCUT2D eigenvalue weighted by atomic mass is 15.3. The minimum absolute atomic E-state index is 0.509. The standard InChI is InChI=1S/C21H25N5/c1-4-17-10-7-11-18(5-2)20(17)25-21-24-19(14-23-26-21)22-13-16-9-6-8-15(3)12-16/h6-12,14H,4-5,13H2,1-3H3,(H2,22,24,25,26). The first-order valence-electron chi connectivity index (χ1n) is 9.06. The van der Waals surface area contributed by atoms with Gasteiger partial charge in [-0.25, -0.2) is 0 Å². The van der Waals surface area contributed by atoms with Gasteiger partial charge in [0.25, 0.3) is 0 Å². The van der Waals surface area contributed by atoms with Crippen LogP contribution in [-0.2, 0) is 19.4 Å². The van der Waals surface area contributed by atoms with Crippen LogP contribution in [0.4, 0.5) is 17.5 Å². The highest BCUT2D eigenvalue weighted by molar-refractivity contribution is 5.64. The topological polar surface area (TPSA) is 62.7 Å². The van der Waals surface area contributed by atoms with Gasteiger partial charge >= 0.3 is 0 Å². The fourth-order valence-corrected chi connectivity index (χ4v) is 2.97. The number of anilines is 3. The van der Waals surface area contributed by atoms with E-state index in [0.717, 1.165) is 18.5 Å². The predicted molar refractivity (Wildman–Crippen MR) is 107 cm³/mol. The maximum Gasteiger partial charge on any atom is 0.249 e. The third-order valence-corrected chi connectivity index (χ3v) is 4.35. The number of nitrogens with one attached hydrogen (secondary N) is 2. The summed E-state index contributed by atoms with van der Waals surface area (Å²) in [6, 6.07) is 14.8. The Morgan fingerprint density at radius 2 is 1.69 bits per heavy atom. The molecule has 0 amide bonds. The van der Waals surface area contributed by atoms with E-state index in [0.29, 0.717) is 18.3 Å². The Hall–Kier alpha value is -2.95. The summed E-state index contributed by atoms with van der Waals surface area (Å²) in [5.74, 6) is 1.21. The molecule has 3 rings (SSSR count). The van der Waals surface area contributed by atoms with E-state index >= 15 is 0 Å². The molecule has 0 spiro atoms. The second-order valence-corrected chi connectivity index (χ2v) is 6.29. The van der Waals surface area contributed by atoms with Gasteiger partial charge in [-0.15, -0.1) is 5.10 Å². The van der Waals surface area contributed by atoms with Gasteiger partial charge in [-0.1, -0.05) is 61.9 Å². The van der Waals surface area contributed by atoms with Gasteiger partial charge in [0.15, 0.2) is 5.82 Å². The first kappa shape index (κ1) is 17.9. The van der Waals surface area contributed by atoms with Gasteiger partial charge in [0.05, 0.1) is 6.20 Å². The fourth-order valence-electron chi connectivity index (χ4n) is 2.97. The van der Waals surface area contributed by atoms with Crippen molar-refractivity contribution in [1.29, 1.82) is 0 Å². The second kappa shape index (κ2) is 8.43. The van der Waals surface area contributed by atoms with Crippen LogP contribution in [0.2, 0.25) is 0 Å². The molecule has 0 radical (unpaired) electrons. The molecule has 3 aromatic rings. The zero-order valence-electron chi connectivity index (χ0n) is 15.6. The molecule has 0 fully saturated rings. The lowest BCUT2D eigenvalue weighted by Crippen LogP contribution is -2.07. The van der Waals surface area contributed by atoms with Crippen molar-refractivity contribution in [3.05, 3.63) is 70.9 Å². The van der Waals surface area contributed by atoms with Crippen LogP contribution in [0.5, 0.6) is 0 Å². The van der Waals surface area contributed by atoms with Gasteiger partial charge in [0, 0.05) is 12.2 Å². The highest BCUT2D eigenvalue weighted by Crippen LogP contribution is 2.25. The first-order valence-corrected chi connectivity index (χ1v) is 9.06. The molecule has 0 aliphatic heterocycles. The van der Waals surface area contributed by atoms with Gasteiger partial charge < -0.3 is 10.6 Å². The van der Waals surface area contributed by atoms with Gasteiger partial charge in [-0.2, -0.15) is 10.1 Å². The summed E-state index contributed by atoms with van der Waals surface area (Å²) in [6.07, 6.45) is 3.55. The van der Waals surface area contributed by atoms with Crippen LogP contribution in [0.15, 0.2) is 48.7 Å². The average molecular weight is 347 g/mol. The Morgan fingerprint density at radius 3 is 2.38 bits per heavy atom. The van der Waals surface area contributed by atoms with Gasteiger partial charge in [-0.3, -0.25) is 0 Å². The number of rotatable bonds is 7. The Labute approximate surface area is 154 Å². The molecule has 1 heterocycles. The number of nitrogens with zero attached hydrogens (tertiary/aromatic N) is 3. The minimum atomic E-state index is 0.509. The fraction of sp³-hybridized carbons (Fsp3) is 0.286. The van der Waals surface area contributed by atoms with Gasteiger partial charge in [-0.05, 0) is 36.5 Å². The van der Waals surface area contributed by atoms with E-state index in [4.69, 9.17) is 0 Å². The first-order chi connectivity index (χ1) is 12.7. The quantitative estimate of drug-likeness (QED) is 0.651. The van der Waals surface area contributed by atoms with Crippen LogP contribution in [0.25, 0.3) is 0 Å². The van der Waals surface area contributed by atoms with E-state index in [1.165, 1.54) is 22.3 Å². The summed E-state index contributed by atoms with van der Waals surface area (Å²) in [4.78, 5) is 4.56. The monoisotopic (exact) mass is 347 g/mol. The zero-order chi connectivity index (χ0) is 18.4. The smallest absolute Gasteiger partial charge is 0.249 e. The molecular weight excluding hydrogens is 322 g/mol. The largest absolute Gasteiger partial charge is 0.365 e. The van der Waals surface area contributed by atoms with E-state index in [1.807, 2.05) is 0 Å². The van der Waals surface area contributed by atoms with Crippen LogP contribution in [0, 0.1) is 6.92 Å². The van der Waals surface area contributed by atoms with Crippen molar-refractivity contribution in [3.63, 3.8) is 0 Å². The molecule has 0 saturated heterocycles. The predicted octanol–water partition coefficient (Wildman–Crippen LogP) is 4.66. The molecule has 0 aliphatic carbocycles. The Balaban J connectivity index is 1.76. The van der Waals surface area contributed by atoms with Crippen LogP contribution >= 0.6 is 0 Å². The lowest BCUT2D eigenvalue weighted by molar-refractivity contribution is 0.961. The molecule has 26 heavy (non-hydrogen) atoms. The van der Waals surface area contributed by atoms with Crippen LogP contribution in [0.1, 0.15) is 36.1 Å². The number of aromatic nitrogens is 3. The lowest BCUT2D eigenvalue weighted by atomic mass is 10.0. The molecule has 134 valence electrons. The molecule has 0 bridgehead atoms. The van der Waals surface area contributed by atoms with Crippen LogP contribution in [0.3, 0.4) is 0 Å². The molecule has 5 nitrogen and oxygen atoms in total. The van der Waals surface area contributed by atoms with E-state index in [2.05, 4.69) is 89.1 Å². The molecular formula is C21H25N5. The number of hydrogen-bond donors (Lipinski definition) is 2. The molecule has 2 aromatic carbocycles. The molecule has 1 aromatic heterocycles. The van der Waals surface area contributed by atoms with E-state index in [1.54, 1.807) is 6.20 Å². The summed E-state index contributed by atoms with van der Waals surface area (Å²) in [7, 11) is 0. The maximum absolute atomic E-state index is 4.56. The number of aryl methyl sites for hydroxylation is 3. The molecule has 0 atom stereocenters. The minimum Gasteiger partial charge on any atom is -0.365 e. The van der Waals surface area contributed by atoms with Crippen molar-refractivity contribution in [2.75, 3.05) is 10.6 Å². The Morgan fingerprint density at radius 1 is 0.962 bits per heavy atom. The van der Waals surface area contributed by atoms with Crippen molar-refractivity contribution in [1.82, 2.24) is 15.2 Å². The third-order valence-electron chi connectivity index (χ3n) is 4.35. The number of para-hydroxylation sites is 1. The summed E-state index contributed by atoms with van der Waals surface area (Å²) >= 11 is 0. The normalized spacial score (nSPS) is 10.6. The van der Waals surface area contributed by atoms with Crippen molar-refractivity contribution in [2.45, 2.75) is 40.2 Å². The third kappa shape index (κ3) is 4.36. The van der Waals surface area contributed by atoms with Gasteiger partial charge in [0.1, 0.15) is 0 Å². The lowest BCUT2D eigenvalue weighted by Gasteiger charge is -2.14. The number of hydrogen-bond acceptors (Lipinski definition) is 5. The summed E-state index contributed by atoms with van der Waals surface area (Å²) in [5.41, 5.74) is 6.06. The van der Waals surface area contributed by atoms with E-state index in [9.17, 15) is 0 Å². The van der Waals surface area contributed by atoms with Crippen LogP contribution < -0.4 is 10.6 Å². The Kier molecular flexibility index (Phi) is 5.79. The second-order valence-electron chi connectivity index (χ2n) is 6.29. The highest BCUT2D eigenvalue weighted by Gasteiger charge is 2.09. The summed E-state index contributed by atoms with van der Waals surface area (Å²) in [6.45, 7) is 7.09. The van der Waals surface area contributed by atoms with E-state index < -0.39 is 0 Å². The average Bonchev–Trinajstić information content (AvgIpc) is 2.67. The van der Waals surface area contributed by atoms with Crippen molar-refractivity contribution in [3.8, 4) is 0 Å². The molecule has 0 unspecified atom stereocenters. The Bertz CT molecular complexity index is 854. The zero-order valence-corrected chi connectivity index (χ0v) is 15.6. The molecule has 2 N–H and O–H groups in total. The summed E-state index contributed by atoms with van der Waals surface area (Å²) in [5, 5.41) is 14.9. The summed E-state index contributed by atoms with van der Waals surface area (Å²) < 4.78 is 0. The molecule has 0 saturated carbocycles. The molecule has 0 aliphatic rings. The van der Waals surface area contributed by atoms with Crippen molar-refractivity contribution < 1.29 is 0 Å². The van der Waals surface area contributed by atoms with Crippen molar-refractivity contribution >= 4 is 17.5 Å². The molecule has 5 heteroatoms. The van der Waals surface area contributed by atoms with Gasteiger partial charge in [0.2, 0.25) is 5.95 Å². The maximum atomic E-state index is 4.56. The number of benzene rings is 2. The van der Waals surface area contributed by atoms with Crippen LogP contribution in [-0.4, -0.2) is 15.2 Å². The van der Waals surface area contributed by atoms with Crippen molar-refractivity contribution in [2.24, 2.45) is 0 Å². The van der Waals surface area contributed by atoms with E-state index in [-0.39, 0.29) is 0 Å². The SMILES string of the molecule is CCc1cccc(CC)c1Nc1nncc(NCc2cccc(C)c2)n1.